The van der Waals surface area contributed by atoms with Gasteiger partial charge in [0.15, 0.2) is 0 Å². The van der Waals surface area contributed by atoms with Gasteiger partial charge in [-0.2, -0.15) is 0 Å². The van der Waals surface area contributed by atoms with Gasteiger partial charge in [-0.25, -0.2) is 9.59 Å². The first-order valence-electron chi connectivity index (χ1n) is 13.1. The number of aliphatic hydroxyl groups is 1. The van der Waals surface area contributed by atoms with Gasteiger partial charge in [0, 0.05) is 24.9 Å². The number of hydrogen-bond donors (Lipinski definition) is 3. The lowest BCUT2D eigenvalue weighted by molar-refractivity contribution is -0.154. The lowest BCUT2D eigenvalue weighted by atomic mass is 9.74. The second-order valence-electron chi connectivity index (χ2n) is 9.70. The Morgan fingerprint density at radius 2 is 1.68 bits per heavy atom. The Hall–Kier alpha value is -3.26. The largest absolute Gasteiger partial charge is 0.493 e. The van der Waals surface area contributed by atoms with Crippen molar-refractivity contribution in [2.45, 2.75) is 77.5 Å². The number of carboxylic acids is 1. The first-order valence-corrected chi connectivity index (χ1v) is 13.1. The normalized spacial score (nSPS) is 19.4. The van der Waals surface area contributed by atoms with Crippen LogP contribution < -0.4 is 14.8 Å². The van der Waals surface area contributed by atoms with Crippen molar-refractivity contribution in [3.63, 3.8) is 0 Å². The molecule has 3 rings (SSSR count). The van der Waals surface area contributed by atoms with Crippen molar-refractivity contribution in [1.82, 2.24) is 10.2 Å². The smallest absolute Gasteiger partial charge is 0.329 e. The number of carbonyl (C=O) groups excluding carboxylic acids is 1. The summed E-state index contributed by atoms with van der Waals surface area (Å²) in [6, 6.07) is 13.2. The molecule has 2 aromatic carbocycles. The highest BCUT2D eigenvalue weighted by atomic mass is 16.5. The number of rotatable bonds is 13. The SMILES string of the molecule is CCOc1cc([C@@H](C)N(CCCCc2ccccc2)C(=O)NC2(C(=O)O)CC(O)C2)cc(OCC)c1C. The van der Waals surface area contributed by atoms with Gasteiger partial charge in [-0.15, -0.1) is 0 Å². The summed E-state index contributed by atoms with van der Waals surface area (Å²) >= 11 is 0. The molecule has 2 amide bonds. The number of carbonyl (C=O) groups is 2. The van der Waals surface area contributed by atoms with Crippen LogP contribution in [0.15, 0.2) is 42.5 Å². The van der Waals surface area contributed by atoms with Gasteiger partial charge in [0.2, 0.25) is 0 Å². The zero-order valence-electron chi connectivity index (χ0n) is 22.3. The molecule has 3 N–H and O–H groups in total. The molecule has 1 aliphatic carbocycles. The highest BCUT2D eigenvalue weighted by molar-refractivity contribution is 5.87. The maximum atomic E-state index is 13.5. The van der Waals surface area contributed by atoms with E-state index in [1.54, 1.807) is 4.90 Å². The zero-order valence-corrected chi connectivity index (χ0v) is 22.3. The fourth-order valence-electron chi connectivity index (χ4n) is 4.79. The number of nitrogens with zero attached hydrogens (tertiary/aromatic N) is 1. The van der Waals surface area contributed by atoms with Crippen molar-refractivity contribution in [2.24, 2.45) is 0 Å². The maximum absolute atomic E-state index is 13.5. The van der Waals surface area contributed by atoms with Crippen LogP contribution in [-0.4, -0.2) is 58.5 Å². The van der Waals surface area contributed by atoms with E-state index >= 15 is 0 Å². The number of hydrogen-bond acceptors (Lipinski definition) is 5. The molecule has 0 bridgehead atoms. The van der Waals surface area contributed by atoms with E-state index < -0.39 is 23.6 Å². The molecule has 0 aliphatic heterocycles. The highest BCUT2D eigenvalue weighted by Crippen LogP contribution is 2.36. The number of aliphatic carboxylic acids is 1. The Kier molecular flexibility index (Phi) is 9.80. The van der Waals surface area contributed by atoms with Gasteiger partial charge < -0.3 is 29.9 Å². The third-order valence-electron chi connectivity index (χ3n) is 7.03. The molecule has 0 aromatic heterocycles. The first kappa shape index (κ1) is 28.3. The average molecular weight is 513 g/mol. The van der Waals surface area contributed by atoms with Gasteiger partial charge in [0.25, 0.3) is 0 Å². The number of urea groups is 1. The molecule has 1 aliphatic rings. The third-order valence-corrected chi connectivity index (χ3v) is 7.03. The molecule has 0 radical (unpaired) electrons. The molecule has 1 atom stereocenters. The third kappa shape index (κ3) is 6.95. The molecular weight excluding hydrogens is 472 g/mol. The van der Waals surface area contributed by atoms with Crippen LogP contribution in [0, 0.1) is 6.92 Å². The molecule has 1 saturated carbocycles. The summed E-state index contributed by atoms with van der Waals surface area (Å²) in [5.41, 5.74) is 1.53. The van der Waals surface area contributed by atoms with Crippen LogP contribution in [0.1, 0.15) is 69.2 Å². The van der Waals surface area contributed by atoms with E-state index in [1.165, 1.54) is 5.56 Å². The van der Waals surface area contributed by atoms with Gasteiger partial charge in [-0.05, 0) is 70.2 Å². The van der Waals surface area contributed by atoms with E-state index in [0.717, 1.165) is 30.4 Å². The van der Waals surface area contributed by atoms with E-state index in [0.29, 0.717) is 31.3 Å². The summed E-state index contributed by atoms with van der Waals surface area (Å²) in [4.78, 5) is 27.2. The van der Waals surface area contributed by atoms with E-state index in [4.69, 9.17) is 9.47 Å². The number of amides is 2. The highest BCUT2D eigenvalue weighted by Gasteiger charge is 2.52. The first-order chi connectivity index (χ1) is 17.7. The van der Waals surface area contributed by atoms with Gasteiger partial charge in [0.1, 0.15) is 17.0 Å². The quantitative estimate of drug-likeness (QED) is 0.331. The van der Waals surface area contributed by atoms with Crippen molar-refractivity contribution in [2.75, 3.05) is 19.8 Å². The Morgan fingerprint density at radius 1 is 1.08 bits per heavy atom. The second kappa shape index (κ2) is 12.8. The molecule has 0 saturated heterocycles. The summed E-state index contributed by atoms with van der Waals surface area (Å²) in [6.45, 7) is 9.14. The Balaban J connectivity index is 1.84. The monoisotopic (exact) mass is 512 g/mol. The topological polar surface area (TPSA) is 108 Å². The number of ether oxygens (including phenoxy) is 2. The van der Waals surface area contributed by atoms with Gasteiger partial charge in [0.05, 0.1) is 25.4 Å². The van der Waals surface area contributed by atoms with Gasteiger partial charge in [-0.3, -0.25) is 0 Å². The lowest BCUT2D eigenvalue weighted by Gasteiger charge is -2.43. The average Bonchev–Trinajstić information content (AvgIpc) is 2.85. The maximum Gasteiger partial charge on any atom is 0.329 e. The molecule has 2 aromatic rings. The molecule has 37 heavy (non-hydrogen) atoms. The molecule has 202 valence electrons. The van der Waals surface area contributed by atoms with E-state index in [-0.39, 0.29) is 18.9 Å². The van der Waals surface area contributed by atoms with E-state index in [9.17, 15) is 19.8 Å². The van der Waals surface area contributed by atoms with E-state index in [2.05, 4.69) is 17.4 Å². The summed E-state index contributed by atoms with van der Waals surface area (Å²) in [7, 11) is 0. The van der Waals surface area contributed by atoms with Crippen LogP contribution in [0.3, 0.4) is 0 Å². The van der Waals surface area contributed by atoms with Crippen LogP contribution in [-0.2, 0) is 11.2 Å². The fraction of sp³-hybridized carbons (Fsp3) is 0.517. The fourth-order valence-corrected chi connectivity index (χ4v) is 4.79. The minimum absolute atomic E-state index is 0.00217. The number of aryl methyl sites for hydroxylation is 1. The predicted octanol–water partition coefficient (Wildman–Crippen LogP) is 4.87. The van der Waals surface area contributed by atoms with Crippen LogP contribution in [0.4, 0.5) is 4.79 Å². The van der Waals surface area contributed by atoms with Crippen LogP contribution >= 0.6 is 0 Å². The minimum Gasteiger partial charge on any atom is -0.493 e. The molecule has 1 fully saturated rings. The van der Waals surface area contributed by atoms with Crippen LogP contribution in [0.2, 0.25) is 0 Å². The summed E-state index contributed by atoms with van der Waals surface area (Å²) < 4.78 is 11.7. The number of carboxylic acid groups (broad SMARTS) is 1. The number of aliphatic hydroxyl groups excluding tert-OH is 1. The Morgan fingerprint density at radius 3 is 2.19 bits per heavy atom. The summed E-state index contributed by atoms with van der Waals surface area (Å²) in [5.74, 6) is 0.267. The molecule has 8 nitrogen and oxygen atoms in total. The number of unbranched alkanes of at least 4 members (excludes halogenated alkanes) is 1. The number of benzene rings is 2. The number of nitrogens with one attached hydrogen (secondary N) is 1. The van der Waals surface area contributed by atoms with Crippen molar-refractivity contribution in [3.8, 4) is 11.5 Å². The van der Waals surface area contributed by atoms with Gasteiger partial charge >= 0.3 is 12.0 Å². The molecular formula is C29H40N2O6. The molecule has 8 heteroatoms. The van der Waals surface area contributed by atoms with Crippen LogP contribution in [0.25, 0.3) is 0 Å². The van der Waals surface area contributed by atoms with Crippen molar-refractivity contribution in [1.29, 1.82) is 0 Å². The van der Waals surface area contributed by atoms with Crippen LogP contribution in [0.5, 0.6) is 11.5 Å². The molecule has 0 spiro atoms. The second-order valence-corrected chi connectivity index (χ2v) is 9.70. The van der Waals surface area contributed by atoms with Crippen molar-refractivity contribution < 1.29 is 29.3 Å². The Bertz CT molecular complexity index is 1020. The van der Waals surface area contributed by atoms with Gasteiger partial charge in [-0.1, -0.05) is 30.3 Å². The molecule has 0 unspecified atom stereocenters. The Labute approximate surface area is 219 Å². The zero-order chi connectivity index (χ0) is 27.0. The standard InChI is InChI=1S/C29H40N2O6/c1-5-36-25-16-23(17-26(20(25)3)37-6-2)21(4)31(15-11-10-14-22-12-8-7-9-13-22)28(35)30-29(27(33)34)18-24(32)19-29/h7-9,12-13,16-17,21,24,32H,5-6,10-11,14-15,18-19H2,1-4H3,(H,30,35)(H,33,34)/t21-,24?,29?/m1/s1. The lowest BCUT2D eigenvalue weighted by Crippen LogP contribution is -2.66. The summed E-state index contributed by atoms with van der Waals surface area (Å²) in [6.07, 6.45) is 1.79. The minimum atomic E-state index is -1.45. The summed E-state index contributed by atoms with van der Waals surface area (Å²) in [5, 5.41) is 22.3. The van der Waals surface area contributed by atoms with Crippen molar-refractivity contribution in [3.05, 3.63) is 59.2 Å². The van der Waals surface area contributed by atoms with Crippen molar-refractivity contribution >= 4 is 12.0 Å². The predicted molar refractivity (Wildman–Crippen MR) is 142 cm³/mol. The molecule has 0 heterocycles. The van der Waals surface area contributed by atoms with E-state index in [1.807, 2.05) is 58.0 Å².